The van der Waals surface area contributed by atoms with E-state index in [-0.39, 0.29) is 35.6 Å². The molecule has 0 radical (unpaired) electrons. The van der Waals surface area contributed by atoms with Gasteiger partial charge in [0.15, 0.2) is 0 Å². The fourth-order valence-electron chi connectivity index (χ4n) is 6.05. The van der Waals surface area contributed by atoms with Crippen molar-refractivity contribution in [3.05, 3.63) is 64.7 Å². The number of para-hydroxylation sites is 1. The first-order chi connectivity index (χ1) is 17.8. The molecule has 3 heterocycles. The van der Waals surface area contributed by atoms with Crippen molar-refractivity contribution in [2.75, 3.05) is 37.6 Å². The number of likely N-dealkylation sites (tertiary alicyclic amines) is 2. The van der Waals surface area contributed by atoms with Gasteiger partial charge in [-0.3, -0.25) is 14.4 Å². The smallest absolute Gasteiger partial charge is 0.259 e. The maximum atomic E-state index is 14.5. The molecule has 0 N–H and O–H groups in total. The van der Waals surface area contributed by atoms with Gasteiger partial charge in [0.2, 0.25) is 11.8 Å². The predicted octanol–water partition coefficient (Wildman–Crippen LogP) is 4.49. The zero-order valence-corrected chi connectivity index (χ0v) is 21.3. The van der Waals surface area contributed by atoms with Crippen molar-refractivity contribution < 1.29 is 23.2 Å². The number of carbonyl (C=O) groups excluding carboxylic acids is 3. The summed E-state index contributed by atoms with van der Waals surface area (Å²) in [6, 6.07) is 10.4. The number of nitrogens with zero attached hydrogens (tertiary/aromatic N) is 3. The Hall–Kier alpha value is -3.29. The minimum absolute atomic E-state index is 0.0158. The summed E-state index contributed by atoms with van der Waals surface area (Å²) in [4.78, 5) is 43.9. The number of amides is 3. The van der Waals surface area contributed by atoms with Gasteiger partial charge in [0.25, 0.3) is 5.91 Å². The van der Waals surface area contributed by atoms with E-state index >= 15 is 0 Å². The highest BCUT2D eigenvalue weighted by atomic mass is 19.1. The molecule has 2 fully saturated rings. The summed E-state index contributed by atoms with van der Waals surface area (Å²) in [5, 5.41) is 0. The number of rotatable bonds is 4. The molecule has 5 rings (SSSR count). The molecule has 2 aromatic carbocycles. The Labute approximate surface area is 216 Å². The van der Waals surface area contributed by atoms with Gasteiger partial charge in [-0.2, -0.15) is 0 Å². The number of fused-ring (bicyclic) bond motifs is 1. The molecule has 0 aliphatic carbocycles. The van der Waals surface area contributed by atoms with Crippen LogP contribution in [0.3, 0.4) is 0 Å². The van der Waals surface area contributed by atoms with E-state index in [2.05, 4.69) is 6.07 Å². The van der Waals surface area contributed by atoms with Crippen LogP contribution in [0.4, 0.5) is 14.5 Å². The van der Waals surface area contributed by atoms with E-state index in [4.69, 9.17) is 0 Å². The van der Waals surface area contributed by atoms with Crippen LogP contribution in [0.15, 0.2) is 36.4 Å². The zero-order valence-electron chi connectivity index (χ0n) is 21.3. The molecule has 8 heteroatoms. The van der Waals surface area contributed by atoms with Gasteiger partial charge in [-0.15, -0.1) is 0 Å². The summed E-state index contributed by atoms with van der Waals surface area (Å²) in [6.07, 6.45) is 4.46. The van der Waals surface area contributed by atoms with Crippen LogP contribution in [-0.4, -0.2) is 60.2 Å². The van der Waals surface area contributed by atoms with E-state index in [0.717, 1.165) is 31.0 Å². The molecule has 0 saturated carbocycles. The Morgan fingerprint density at radius 3 is 2.30 bits per heavy atom. The normalized spacial score (nSPS) is 18.7. The van der Waals surface area contributed by atoms with Gasteiger partial charge in [-0.1, -0.05) is 24.3 Å². The number of carbonyl (C=O) groups is 3. The molecule has 3 aliphatic heterocycles. The molecule has 1 spiro atoms. The molecule has 0 unspecified atom stereocenters. The average Bonchev–Trinajstić information content (AvgIpc) is 3.33. The Morgan fingerprint density at radius 2 is 1.54 bits per heavy atom. The van der Waals surface area contributed by atoms with Crippen molar-refractivity contribution in [2.45, 2.75) is 51.9 Å². The molecule has 3 aliphatic rings. The van der Waals surface area contributed by atoms with Crippen LogP contribution >= 0.6 is 0 Å². The first-order valence-electron chi connectivity index (χ1n) is 13.2. The molecule has 2 saturated heterocycles. The van der Waals surface area contributed by atoms with Crippen LogP contribution in [0.2, 0.25) is 0 Å². The lowest BCUT2D eigenvalue weighted by molar-refractivity contribution is -0.132. The van der Waals surface area contributed by atoms with Crippen LogP contribution in [-0.2, 0) is 16.0 Å². The predicted molar refractivity (Wildman–Crippen MR) is 136 cm³/mol. The number of hydrogen-bond acceptors (Lipinski definition) is 3. The molecule has 3 amide bonds. The minimum Gasteiger partial charge on any atom is -0.342 e. The number of anilines is 1. The average molecular weight is 510 g/mol. The topological polar surface area (TPSA) is 60.9 Å². The number of halogens is 2. The zero-order chi connectivity index (χ0) is 26.2. The molecule has 0 atom stereocenters. The van der Waals surface area contributed by atoms with Gasteiger partial charge in [0.05, 0.1) is 0 Å². The van der Waals surface area contributed by atoms with E-state index in [9.17, 15) is 23.2 Å². The fraction of sp³-hybridized carbons (Fsp3) is 0.483. The van der Waals surface area contributed by atoms with Crippen LogP contribution in [0.5, 0.6) is 0 Å². The third-order valence-electron chi connectivity index (χ3n) is 8.36. The van der Waals surface area contributed by atoms with Crippen LogP contribution in [0.1, 0.15) is 60.0 Å². The first-order valence-corrected chi connectivity index (χ1v) is 13.2. The molecule has 37 heavy (non-hydrogen) atoms. The quantitative estimate of drug-likeness (QED) is 0.610. The Balaban J connectivity index is 1.14. The highest BCUT2D eigenvalue weighted by molar-refractivity contribution is 5.96. The van der Waals surface area contributed by atoms with Crippen molar-refractivity contribution in [3.8, 4) is 0 Å². The van der Waals surface area contributed by atoms with Gasteiger partial charge in [-0.25, -0.2) is 8.78 Å². The number of piperidine rings is 1. The molecule has 196 valence electrons. The second-order valence-corrected chi connectivity index (χ2v) is 10.7. The summed E-state index contributed by atoms with van der Waals surface area (Å²) in [5.74, 6) is -2.29. The van der Waals surface area contributed by atoms with Gasteiger partial charge in [-0.05, 0) is 67.7 Å². The van der Waals surface area contributed by atoms with E-state index in [1.54, 1.807) is 0 Å². The lowest BCUT2D eigenvalue weighted by atomic mass is 9.77. The Morgan fingerprint density at radius 1 is 0.865 bits per heavy atom. The SMILES string of the molecule is Cc1ccc(F)c(C(=O)N2CCC3(CCN(C(=O)CCC(=O)N4CCCc5ccccc54)C3)CC2)c1F. The third-order valence-corrected chi connectivity index (χ3v) is 8.36. The van der Waals surface area contributed by atoms with Crippen LogP contribution in [0.25, 0.3) is 0 Å². The fourth-order valence-corrected chi connectivity index (χ4v) is 6.05. The van der Waals surface area contributed by atoms with Gasteiger partial charge in [0.1, 0.15) is 17.2 Å². The summed E-state index contributed by atoms with van der Waals surface area (Å²) < 4.78 is 28.7. The Bertz CT molecular complexity index is 1220. The van der Waals surface area contributed by atoms with Crippen molar-refractivity contribution >= 4 is 23.4 Å². The van der Waals surface area contributed by atoms with Crippen molar-refractivity contribution in [3.63, 3.8) is 0 Å². The van der Waals surface area contributed by atoms with Crippen molar-refractivity contribution in [1.82, 2.24) is 9.80 Å². The summed E-state index contributed by atoms with van der Waals surface area (Å²) in [6.45, 7) is 4.24. The maximum absolute atomic E-state index is 14.5. The Kier molecular flexibility index (Phi) is 7.01. The highest BCUT2D eigenvalue weighted by Crippen LogP contribution is 2.41. The number of hydrogen-bond donors (Lipinski definition) is 0. The maximum Gasteiger partial charge on any atom is 0.259 e. The molecular formula is C29H33F2N3O3. The van der Waals surface area contributed by atoms with E-state index < -0.39 is 23.1 Å². The largest absolute Gasteiger partial charge is 0.342 e. The minimum atomic E-state index is -0.839. The molecule has 0 aromatic heterocycles. The summed E-state index contributed by atoms with van der Waals surface area (Å²) in [7, 11) is 0. The van der Waals surface area contributed by atoms with Gasteiger partial charge < -0.3 is 14.7 Å². The first kappa shape index (κ1) is 25.4. The second kappa shape index (κ2) is 10.2. The molecule has 6 nitrogen and oxygen atoms in total. The highest BCUT2D eigenvalue weighted by Gasteiger charge is 2.43. The summed E-state index contributed by atoms with van der Waals surface area (Å²) >= 11 is 0. The van der Waals surface area contributed by atoms with Crippen molar-refractivity contribution in [1.29, 1.82) is 0 Å². The number of aryl methyl sites for hydroxylation is 2. The van der Waals surface area contributed by atoms with Crippen molar-refractivity contribution in [2.24, 2.45) is 5.41 Å². The molecule has 0 bridgehead atoms. The standard InChI is InChI=1S/C29H33F2N3O3/c1-20-8-9-22(30)26(27(20)31)28(37)32-16-12-29(13-17-32)14-18-33(19-29)24(35)10-11-25(36)34-15-4-6-21-5-2-3-7-23(21)34/h2-3,5,7-9H,4,6,10-19H2,1H3. The summed E-state index contributed by atoms with van der Waals surface area (Å²) in [5.41, 5.74) is 1.79. The molecule has 2 aromatic rings. The second-order valence-electron chi connectivity index (χ2n) is 10.7. The van der Waals surface area contributed by atoms with Crippen LogP contribution < -0.4 is 4.90 Å². The van der Waals surface area contributed by atoms with Crippen LogP contribution in [0, 0.1) is 24.0 Å². The third kappa shape index (κ3) is 4.98. The van der Waals surface area contributed by atoms with E-state index in [1.807, 2.05) is 28.0 Å². The van der Waals surface area contributed by atoms with E-state index in [0.29, 0.717) is 45.6 Å². The van der Waals surface area contributed by atoms with Gasteiger partial charge >= 0.3 is 0 Å². The monoisotopic (exact) mass is 509 g/mol. The van der Waals surface area contributed by atoms with E-state index in [1.165, 1.54) is 23.5 Å². The lowest BCUT2D eigenvalue weighted by Gasteiger charge is -2.39. The lowest BCUT2D eigenvalue weighted by Crippen LogP contribution is -2.45. The molecular weight excluding hydrogens is 476 g/mol. The van der Waals surface area contributed by atoms with Gasteiger partial charge in [0, 0.05) is 51.3 Å². The number of benzene rings is 2.